The Morgan fingerprint density at radius 2 is 2.00 bits per heavy atom. The van der Waals surface area contributed by atoms with Gasteiger partial charge in [0, 0.05) is 11.4 Å². The minimum atomic E-state index is -0.434. The van der Waals surface area contributed by atoms with Crippen LogP contribution in [0.25, 0.3) is 0 Å². The zero-order chi connectivity index (χ0) is 13.0. The second-order valence-electron chi connectivity index (χ2n) is 3.93. The lowest BCUT2D eigenvalue weighted by Gasteiger charge is -2.06. The summed E-state index contributed by atoms with van der Waals surface area (Å²) >= 11 is 0. The first-order chi connectivity index (χ1) is 8.66. The molecular formula is C14H14N2O2. The monoisotopic (exact) mass is 242 g/mol. The summed E-state index contributed by atoms with van der Waals surface area (Å²) in [7, 11) is 0. The van der Waals surface area contributed by atoms with Crippen LogP contribution in [0.3, 0.4) is 0 Å². The van der Waals surface area contributed by atoms with Crippen LogP contribution in [0.15, 0.2) is 42.5 Å². The van der Waals surface area contributed by atoms with Crippen molar-refractivity contribution in [2.75, 3.05) is 5.73 Å². The van der Waals surface area contributed by atoms with E-state index in [0.29, 0.717) is 11.3 Å². The second kappa shape index (κ2) is 5.31. The molecule has 1 heterocycles. The standard InChI is InChI=1S/C14H14N2O2/c1-10-5-4-6-11(16-10)9-18-14(17)12-7-2-3-8-13(12)15/h2-8H,9,15H2,1H3. The van der Waals surface area contributed by atoms with Crippen molar-refractivity contribution in [2.24, 2.45) is 0 Å². The lowest BCUT2D eigenvalue weighted by atomic mass is 10.2. The second-order valence-corrected chi connectivity index (χ2v) is 3.93. The van der Waals surface area contributed by atoms with Gasteiger partial charge in [0.1, 0.15) is 6.61 Å². The Morgan fingerprint density at radius 1 is 1.22 bits per heavy atom. The van der Waals surface area contributed by atoms with Crippen molar-refractivity contribution in [1.29, 1.82) is 0 Å². The Labute approximate surface area is 105 Å². The molecule has 4 nitrogen and oxygen atoms in total. The molecule has 0 saturated heterocycles. The van der Waals surface area contributed by atoms with E-state index in [2.05, 4.69) is 4.98 Å². The van der Waals surface area contributed by atoms with Crippen molar-refractivity contribution in [3.63, 3.8) is 0 Å². The number of rotatable bonds is 3. The summed E-state index contributed by atoms with van der Waals surface area (Å²) < 4.78 is 5.17. The molecule has 4 heteroatoms. The van der Waals surface area contributed by atoms with Crippen LogP contribution < -0.4 is 5.73 Å². The number of nitrogens with two attached hydrogens (primary N) is 1. The van der Waals surface area contributed by atoms with E-state index in [4.69, 9.17) is 10.5 Å². The summed E-state index contributed by atoms with van der Waals surface area (Å²) in [6.07, 6.45) is 0. The minimum Gasteiger partial charge on any atom is -0.456 e. The van der Waals surface area contributed by atoms with E-state index in [9.17, 15) is 4.79 Å². The quantitative estimate of drug-likeness (QED) is 0.662. The van der Waals surface area contributed by atoms with Gasteiger partial charge in [0.05, 0.1) is 11.3 Å². The Kier molecular flexibility index (Phi) is 3.57. The summed E-state index contributed by atoms with van der Waals surface area (Å²) in [5, 5.41) is 0. The molecule has 2 N–H and O–H groups in total. The number of ether oxygens (including phenoxy) is 1. The highest BCUT2D eigenvalue weighted by atomic mass is 16.5. The summed E-state index contributed by atoms with van der Waals surface area (Å²) in [5.41, 5.74) is 8.11. The van der Waals surface area contributed by atoms with Gasteiger partial charge in [-0.1, -0.05) is 18.2 Å². The van der Waals surface area contributed by atoms with Crippen molar-refractivity contribution in [3.05, 3.63) is 59.4 Å². The number of carbonyl (C=O) groups is 1. The average molecular weight is 242 g/mol. The molecule has 0 radical (unpaired) electrons. The number of hydrogen-bond acceptors (Lipinski definition) is 4. The van der Waals surface area contributed by atoms with Gasteiger partial charge in [0.25, 0.3) is 0 Å². The molecule has 0 saturated carbocycles. The summed E-state index contributed by atoms with van der Waals surface area (Å²) in [5.74, 6) is -0.434. The molecule has 0 aliphatic rings. The molecule has 1 aromatic heterocycles. The predicted molar refractivity (Wildman–Crippen MR) is 68.9 cm³/mol. The molecule has 2 rings (SSSR count). The van der Waals surface area contributed by atoms with E-state index < -0.39 is 5.97 Å². The fourth-order valence-corrected chi connectivity index (χ4v) is 1.58. The van der Waals surface area contributed by atoms with Gasteiger partial charge in [-0.15, -0.1) is 0 Å². The van der Waals surface area contributed by atoms with Crippen LogP contribution in [-0.2, 0) is 11.3 Å². The zero-order valence-corrected chi connectivity index (χ0v) is 10.1. The number of carbonyl (C=O) groups excluding carboxylic acids is 1. The molecule has 2 aromatic rings. The maximum absolute atomic E-state index is 11.8. The van der Waals surface area contributed by atoms with E-state index in [1.54, 1.807) is 24.3 Å². The number of benzene rings is 1. The third kappa shape index (κ3) is 2.85. The van der Waals surface area contributed by atoms with Crippen LogP contribution >= 0.6 is 0 Å². The summed E-state index contributed by atoms with van der Waals surface area (Å²) in [6.45, 7) is 2.04. The number of anilines is 1. The molecule has 0 fully saturated rings. The van der Waals surface area contributed by atoms with Crippen molar-refractivity contribution in [1.82, 2.24) is 4.98 Å². The molecule has 0 amide bonds. The van der Waals surface area contributed by atoms with Crippen molar-refractivity contribution in [2.45, 2.75) is 13.5 Å². The van der Waals surface area contributed by atoms with Crippen molar-refractivity contribution in [3.8, 4) is 0 Å². The Balaban J connectivity index is 2.03. The zero-order valence-electron chi connectivity index (χ0n) is 10.1. The van der Waals surface area contributed by atoms with Crippen LogP contribution in [-0.4, -0.2) is 11.0 Å². The highest BCUT2D eigenvalue weighted by Crippen LogP contribution is 2.12. The van der Waals surface area contributed by atoms with Gasteiger partial charge >= 0.3 is 5.97 Å². The van der Waals surface area contributed by atoms with Gasteiger partial charge in [0.2, 0.25) is 0 Å². The van der Waals surface area contributed by atoms with Crippen LogP contribution in [0.4, 0.5) is 5.69 Å². The van der Waals surface area contributed by atoms with Crippen LogP contribution in [0.5, 0.6) is 0 Å². The van der Waals surface area contributed by atoms with E-state index in [1.807, 2.05) is 25.1 Å². The average Bonchev–Trinajstić information content (AvgIpc) is 2.37. The molecular weight excluding hydrogens is 228 g/mol. The number of esters is 1. The van der Waals surface area contributed by atoms with E-state index >= 15 is 0 Å². The first kappa shape index (κ1) is 12.1. The predicted octanol–water partition coefficient (Wildman–Crippen LogP) is 2.33. The lowest BCUT2D eigenvalue weighted by molar-refractivity contribution is 0.0469. The molecule has 0 aliphatic carbocycles. The van der Waals surface area contributed by atoms with E-state index in [-0.39, 0.29) is 6.61 Å². The number of aryl methyl sites for hydroxylation is 1. The molecule has 1 aromatic carbocycles. The fourth-order valence-electron chi connectivity index (χ4n) is 1.58. The minimum absolute atomic E-state index is 0.148. The van der Waals surface area contributed by atoms with Gasteiger partial charge in [-0.3, -0.25) is 4.98 Å². The Bertz CT molecular complexity index is 567. The maximum atomic E-state index is 11.8. The summed E-state index contributed by atoms with van der Waals surface area (Å²) in [4.78, 5) is 16.0. The molecule has 92 valence electrons. The molecule has 0 unspecified atom stereocenters. The molecule has 18 heavy (non-hydrogen) atoms. The molecule has 0 aliphatic heterocycles. The maximum Gasteiger partial charge on any atom is 0.340 e. The third-order valence-electron chi connectivity index (χ3n) is 2.48. The van der Waals surface area contributed by atoms with Crippen molar-refractivity contribution < 1.29 is 9.53 Å². The number of hydrogen-bond donors (Lipinski definition) is 1. The van der Waals surface area contributed by atoms with Gasteiger partial charge < -0.3 is 10.5 Å². The normalized spacial score (nSPS) is 10.1. The first-order valence-electron chi connectivity index (χ1n) is 5.61. The number of nitrogen functional groups attached to an aromatic ring is 1. The lowest BCUT2D eigenvalue weighted by Crippen LogP contribution is -2.08. The third-order valence-corrected chi connectivity index (χ3v) is 2.48. The SMILES string of the molecule is Cc1cccc(COC(=O)c2ccccc2N)n1. The van der Waals surface area contributed by atoms with Crippen LogP contribution in [0.1, 0.15) is 21.7 Å². The van der Waals surface area contributed by atoms with Gasteiger partial charge in [-0.05, 0) is 31.2 Å². The van der Waals surface area contributed by atoms with Gasteiger partial charge in [0.15, 0.2) is 0 Å². The molecule has 0 atom stereocenters. The number of aromatic nitrogens is 1. The molecule has 0 bridgehead atoms. The highest BCUT2D eigenvalue weighted by molar-refractivity contribution is 5.94. The Morgan fingerprint density at radius 3 is 2.72 bits per heavy atom. The fraction of sp³-hybridized carbons (Fsp3) is 0.143. The van der Waals surface area contributed by atoms with Crippen LogP contribution in [0.2, 0.25) is 0 Å². The highest BCUT2D eigenvalue weighted by Gasteiger charge is 2.10. The van der Waals surface area contributed by atoms with Gasteiger partial charge in [-0.25, -0.2) is 4.79 Å². The molecule has 0 spiro atoms. The number of nitrogens with zero attached hydrogens (tertiary/aromatic N) is 1. The Hall–Kier alpha value is -2.36. The van der Waals surface area contributed by atoms with E-state index in [1.165, 1.54) is 0 Å². The number of pyridine rings is 1. The van der Waals surface area contributed by atoms with E-state index in [0.717, 1.165) is 11.4 Å². The summed E-state index contributed by atoms with van der Waals surface area (Å²) in [6, 6.07) is 12.4. The number of para-hydroxylation sites is 1. The van der Waals surface area contributed by atoms with Gasteiger partial charge in [-0.2, -0.15) is 0 Å². The largest absolute Gasteiger partial charge is 0.456 e. The van der Waals surface area contributed by atoms with Crippen LogP contribution in [0, 0.1) is 6.92 Å². The van der Waals surface area contributed by atoms with Crippen molar-refractivity contribution >= 4 is 11.7 Å². The topological polar surface area (TPSA) is 65.2 Å². The smallest absolute Gasteiger partial charge is 0.340 e. The first-order valence-corrected chi connectivity index (χ1v) is 5.61.